The van der Waals surface area contributed by atoms with Gasteiger partial charge in [-0.1, -0.05) is 18.0 Å². The highest BCUT2D eigenvalue weighted by Gasteiger charge is 2.15. The van der Waals surface area contributed by atoms with Gasteiger partial charge >= 0.3 is 0 Å². The molecule has 0 fully saturated rings. The van der Waals surface area contributed by atoms with Crippen molar-refractivity contribution in [2.24, 2.45) is 0 Å². The Morgan fingerprint density at radius 1 is 1.11 bits per heavy atom. The van der Waals surface area contributed by atoms with Gasteiger partial charge in [-0.05, 0) is 42.3 Å². The Morgan fingerprint density at radius 3 is 2.82 bits per heavy atom. The summed E-state index contributed by atoms with van der Waals surface area (Å²) in [4.78, 5) is 13.5. The molecular formula is C18H21ClN8O. The van der Waals surface area contributed by atoms with Gasteiger partial charge in [0.2, 0.25) is 11.7 Å². The van der Waals surface area contributed by atoms with Crippen molar-refractivity contribution in [1.82, 2.24) is 40.3 Å². The fourth-order valence-electron chi connectivity index (χ4n) is 3.25. The van der Waals surface area contributed by atoms with Crippen molar-refractivity contribution in [2.45, 2.75) is 45.2 Å². The van der Waals surface area contributed by atoms with Gasteiger partial charge in [0.25, 0.3) is 0 Å². The normalized spacial score (nSPS) is 13.8. The number of halogens is 1. The number of fused-ring (bicyclic) bond motifs is 1. The molecule has 4 rings (SSSR count). The van der Waals surface area contributed by atoms with Crippen LogP contribution in [-0.2, 0) is 30.7 Å². The van der Waals surface area contributed by atoms with E-state index in [-0.39, 0.29) is 12.5 Å². The Morgan fingerprint density at radius 2 is 1.96 bits per heavy atom. The molecule has 0 saturated heterocycles. The van der Waals surface area contributed by atoms with Gasteiger partial charge in [-0.15, -0.1) is 20.4 Å². The van der Waals surface area contributed by atoms with Crippen LogP contribution in [0.5, 0.6) is 0 Å². The van der Waals surface area contributed by atoms with E-state index in [1.54, 1.807) is 12.1 Å². The zero-order valence-electron chi connectivity index (χ0n) is 15.4. The predicted octanol–water partition coefficient (Wildman–Crippen LogP) is 1.67. The number of hydrogen-bond donors (Lipinski definition) is 1. The summed E-state index contributed by atoms with van der Waals surface area (Å²) in [5, 5.41) is 24.2. The third-order valence-corrected chi connectivity index (χ3v) is 4.95. The third-order valence-electron chi connectivity index (χ3n) is 4.70. The second-order valence-corrected chi connectivity index (χ2v) is 7.18. The summed E-state index contributed by atoms with van der Waals surface area (Å²) in [6, 6.07) is 7.14. The van der Waals surface area contributed by atoms with E-state index in [0.29, 0.717) is 23.8 Å². The van der Waals surface area contributed by atoms with Crippen LogP contribution in [0.4, 0.5) is 0 Å². The molecule has 2 aromatic heterocycles. The van der Waals surface area contributed by atoms with Crippen molar-refractivity contribution in [3.63, 3.8) is 0 Å². The Hall–Kier alpha value is -2.81. The van der Waals surface area contributed by atoms with Gasteiger partial charge in [0, 0.05) is 36.5 Å². The molecule has 1 aromatic carbocycles. The van der Waals surface area contributed by atoms with Crippen LogP contribution in [0.3, 0.4) is 0 Å². The molecule has 9 nitrogen and oxygen atoms in total. The van der Waals surface area contributed by atoms with Gasteiger partial charge in [-0.3, -0.25) is 4.79 Å². The lowest BCUT2D eigenvalue weighted by atomic mass is 10.2. The van der Waals surface area contributed by atoms with Crippen molar-refractivity contribution in [2.75, 3.05) is 6.54 Å². The molecule has 0 atom stereocenters. The van der Waals surface area contributed by atoms with Gasteiger partial charge in [0.1, 0.15) is 18.2 Å². The molecule has 0 unspecified atom stereocenters. The summed E-state index contributed by atoms with van der Waals surface area (Å²) in [6.45, 7) is 1.47. The van der Waals surface area contributed by atoms with Crippen LogP contribution in [0.1, 0.15) is 30.9 Å². The van der Waals surface area contributed by atoms with Crippen molar-refractivity contribution >= 4 is 17.5 Å². The van der Waals surface area contributed by atoms with Gasteiger partial charge in [-0.2, -0.15) is 4.80 Å². The summed E-state index contributed by atoms with van der Waals surface area (Å²) in [5.41, 5.74) is 0.795. The van der Waals surface area contributed by atoms with Crippen LogP contribution in [-0.4, -0.2) is 47.4 Å². The molecule has 0 spiro atoms. The van der Waals surface area contributed by atoms with Crippen LogP contribution in [0, 0.1) is 0 Å². The molecule has 1 amide bonds. The number of nitrogens with zero attached hydrogens (tertiary/aromatic N) is 7. The number of aromatic nitrogens is 7. The number of benzene rings is 1. The first-order valence-electron chi connectivity index (χ1n) is 9.40. The molecule has 1 N–H and O–H groups in total. The Balaban J connectivity index is 1.28. The number of carbonyl (C=O) groups excluding carboxylic acids is 1. The highest BCUT2D eigenvalue weighted by Crippen LogP contribution is 2.17. The highest BCUT2D eigenvalue weighted by molar-refractivity contribution is 6.30. The van der Waals surface area contributed by atoms with Crippen LogP contribution in [0.25, 0.3) is 11.4 Å². The van der Waals surface area contributed by atoms with Crippen LogP contribution in [0.2, 0.25) is 5.02 Å². The van der Waals surface area contributed by atoms with Gasteiger partial charge in [0.15, 0.2) is 0 Å². The SMILES string of the molecule is O=C(Cn1nnc(-c2ccc(Cl)cc2)n1)NCCc1nnc2n1CCCCC2. The average molecular weight is 401 g/mol. The number of aryl methyl sites for hydroxylation is 1. The van der Waals surface area contributed by atoms with E-state index in [4.69, 9.17) is 11.6 Å². The third kappa shape index (κ3) is 4.36. The topological polar surface area (TPSA) is 103 Å². The lowest BCUT2D eigenvalue weighted by molar-refractivity contribution is -0.122. The van der Waals surface area contributed by atoms with E-state index < -0.39 is 0 Å². The standard InChI is InChI=1S/C18H21ClN8O/c19-14-7-5-13(6-8-14)18-23-25-27(24-18)12-17(28)20-10-9-16-22-21-15-4-2-1-3-11-26(15)16/h5-8H,1-4,9-12H2,(H,20,28). The van der Waals surface area contributed by atoms with Crippen molar-refractivity contribution < 1.29 is 4.79 Å². The predicted molar refractivity (Wildman–Crippen MR) is 103 cm³/mol. The maximum absolute atomic E-state index is 12.2. The van der Waals surface area contributed by atoms with Crippen molar-refractivity contribution in [3.8, 4) is 11.4 Å². The molecule has 0 radical (unpaired) electrons. The first-order chi connectivity index (χ1) is 13.7. The zero-order chi connectivity index (χ0) is 19.3. The van der Waals surface area contributed by atoms with E-state index in [1.165, 1.54) is 11.2 Å². The first-order valence-corrected chi connectivity index (χ1v) is 9.78. The second kappa shape index (κ2) is 8.47. The monoisotopic (exact) mass is 400 g/mol. The maximum atomic E-state index is 12.2. The number of hydrogen-bond acceptors (Lipinski definition) is 6. The summed E-state index contributed by atoms with van der Waals surface area (Å²) < 4.78 is 2.19. The first kappa shape index (κ1) is 18.5. The van der Waals surface area contributed by atoms with Gasteiger partial charge < -0.3 is 9.88 Å². The lowest BCUT2D eigenvalue weighted by Crippen LogP contribution is -2.30. The van der Waals surface area contributed by atoms with E-state index >= 15 is 0 Å². The Labute approximate surface area is 167 Å². The largest absolute Gasteiger partial charge is 0.354 e. The fourth-order valence-corrected chi connectivity index (χ4v) is 3.38. The smallest absolute Gasteiger partial charge is 0.243 e. The average Bonchev–Trinajstić information content (AvgIpc) is 3.23. The molecule has 3 heterocycles. The quantitative estimate of drug-likeness (QED) is 0.675. The number of rotatable bonds is 6. The molecule has 28 heavy (non-hydrogen) atoms. The minimum atomic E-state index is -0.171. The van der Waals surface area contributed by atoms with Crippen molar-refractivity contribution in [1.29, 1.82) is 0 Å². The fraction of sp³-hybridized carbons (Fsp3) is 0.444. The summed E-state index contributed by atoms with van der Waals surface area (Å²) >= 11 is 5.88. The molecule has 0 aliphatic carbocycles. The number of nitrogens with one attached hydrogen (secondary N) is 1. The van der Waals surface area contributed by atoms with E-state index in [2.05, 4.69) is 35.5 Å². The molecule has 0 bridgehead atoms. The van der Waals surface area contributed by atoms with E-state index in [9.17, 15) is 4.79 Å². The summed E-state index contributed by atoms with van der Waals surface area (Å²) in [5.74, 6) is 2.27. The highest BCUT2D eigenvalue weighted by atomic mass is 35.5. The molecule has 10 heteroatoms. The van der Waals surface area contributed by atoms with Gasteiger partial charge in [0.05, 0.1) is 0 Å². The molecule has 3 aromatic rings. The zero-order valence-corrected chi connectivity index (χ0v) is 16.1. The lowest BCUT2D eigenvalue weighted by Gasteiger charge is -2.07. The maximum Gasteiger partial charge on any atom is 0.243 e. The summed E-state index contributed by atoms with van der Waals surface area (Å²) in [6.07, 6.45) is 5.17. The Kier molecular flexibility index (Phi) is 5.61. The number of carbonyl (C=O) groups is 1. The van der Waals surface area contributed by atoms with E-state index in [1.807, 2.05) is 12.1 Å². The Bertz CT molecular complexity index is 949. The van der Waals surface area contributed by atoms with Crippen molar-refractivity contribution in [3.05, 3.63) is 40.9 Å². The van der Waals surface area contributed by atoms with Crippen LogP contribution < -0.4 is 5.32 Å². The molecule has 146 valence electrons. The second-order valence-electron chi connectivity index (χ2n) is 6.75. The number of amides is 1. The minimum absolute atomic E-state index is 0.0124. The molecule has 1 aliphatic heterocycles. The number of tetrazole rings is 1. The molecule has 1 aliphatic rings. The van der Waals surface area contributed by atoms with Gasteiger partial charge in [-0.25, -0.2) is 0 Å². The molecule has 0 saturated carbocycles. The minimum Gasteiger partial charge on any atom is -0.354 e. The van der Waals surface area contributed by atoms with Crippen LogP contribution >= 0.6 is 11.6 Å². The molecular weight excluding hydrogens is 380 g/mol. The summed E-state index contributed by atoms with van der Waals surface area (Å²) in [7, 11) is 0. The van der Waals surface area contributed by atoms with E-state index in [0.717, 1.165) is 43.0 Å². The van der Waals surface area contributed by atoms with Crippen LogP contribution in [0.15, 0.2) is 24.3 Å².